The number of benzene rings is 1. The van der Waals surface area contributed by atoms with Crippen molar-refractivity contribution < 1.29 is 26.7 Å². The SMILES string of the molecule is O=Cc1ccc(C(F)(F)F)nc1-c1cccc(F)c1F. The molecule has 0 N–H and O–H groups in total. The van der Waals surface area contributed by atoms with Crippen LogP contribution in [0.5, 0.6) is 0 Å². The van der Waals surface area contributed by atoms with Gasteiger partial charge in [-0.3, -0.25) is 4.79 Å². The van der Waals surface area contributed by atoms with E-state index in [0.29, 0.717) is 6.07 Å². The number of aldehydes is 1. The lowest BCUT2D eigenvalue weighted by atomic mass is 10.0. The number of hydrogen-bond donors (Lipinski definition) is 0. The number of halogens is 5. The van der Waals surface area contributed by atoms with Gasteiger partial charge in [-0.25, -0.2) is 13.8 Å². The highest BCUT2D eigenvalue weighted by atomic mass is 19.4. The highest BCUT2D eigenvalue weighted by molar-refractivity contribution is 5.85. The smallest absolute Gasteiger partial charge is 0.298 e. The van der Waals surface area contributed by atoms with Crippen LogP contribution in [0.15, 0.2) is 30.3 Å². The maximum atomic E-state index is 13.6. The third-order valence-electron chi connectivity index (χ3n) is 2.55. The highest BCUT2D eigenvalue weighted by Gasteiger charge is 2.33. The molecule has 20 heavy (non-hydrogen) atoms. The Balaban J connectivity index is 2.71. The van der Waals surface area contributed by atoms with Gasteiger partial charge in [-0.1, -0.05) is 6.07 Å². The Morgan fingerprint density at radius 1 is 1.05 bits per heavy atom. The molecule has 0 saturated carbocycles. The van der Waals surface area contributed by atoms with Gasteiger partial charge in [0.2, 0.25) is 0 Å². The van der Waals surface area contributed by atoms with E-state index in [9.17, 15) is 26.7 Å². The lowest BCUT2D eigenvalue weighted by Gasteiger charge is -2.10. The van der Waals surface area contributed by atoms with Gasteiger partial charge in [-0.05, 0) is 24.3 Å². The van der Waals surface area contributed by atoms with Crippen LogP contribution in [-0.4, -0.2) is 11.3 Å². The van der Waals surface area contributed by atoms with Gasteiger partial charge < -0.3 is 0 Å². The van der Waals surface area contributed by atoms with Crippen molar-refractivity contribution in [1.29, 1.82) is 0 Å². The van der Waals surface area contributed by atoms with Crippen LogP contribution in [0, 0.1) is 11.6 Å². The quantitative estimate of drug-likeness (QED) is 0.620. The lowest BCUT2D eigenvalue weighted by Crippen LogP contribution is -2.10. The number of aromatic nitrogens is 1. The Morgan fingerprint density at radius 3 is 2.35 bits per heavy atom. The molecule has 1 aromatic carbocycles. The zero-order valence-electron chi connectivity index (χ0n) is 9.71. The third kappa shape index (κ3) is 2.52. The largest absolute Gasteiger partial charge is 0.433 e. The number of hydrogen-bond acceptors (Lipinski definition) is 2. The average Bonchev–Trinajstić information content (AvgIpc) is 2.40. The number of pyridine rings is 1. The summed E-state index contributed by atoms with van der Waals surface area (Å²) < 4.78 is 64.5. The van der Waals surface area contributed by atoms with E-state index in [1.807, 2.05) is 0 Å². The van der Waals surface area contributed by atoms with Gasteiger partial charge in [0, 0.05) is 11.1 Å². The minimum atomic E-state index is -4.75. The summed E-state index contributed by atoms with van der Waals surface area (Å²) in [4.78, 5) is 14.0. The molecule has 0 bridgehead atoms. The van der Waals surface area contributed by atoms with Crippen molar-refractivity contribution in [2.45, 2.75) is 6.18 Å². The zero-order valence-corrected chi connectivity index (χ0v) is 9.71. The van der Waals surface area contributed by atoms with Crippen LogP contribution in [0.4, 0.5) is 22.0 Å². The molecular formula is C13H6F5NO. The molecule has 0 fully saturated rings. The second-order valence-electron chi connectivity index (χ2n) is 3.85. The summed E-state index contributed by atoms with van der Waals surface area (Å²) in [6.07, 6.45) is -4.52. The molecule has 2 nitrogen and oxygen atoms in total. The Hall–Kier alpha value is -2.31. The molecule has 0 spiro atoms. The van der Waals surface area contributed by atoms with Crippen LogP contribution in [-0.2, 0) is 6.18 Å². The fourth-order valence-electron chi connectivity index (χ4n) is 1.63. The van der Waals surface area contributed by atoms with Crippen molar-refractivity contribution in [2.75, 3.05) is 0 Å². The van der Waals surface area contributed by atoms with E-state index in [1.54, 1.807) is 0 Å². The molecule has 0 radical (unpaired) electrons. The molecule has 0 aliphatic carbocycles. The summed E-state index contributed by atoms with van der Waals surface area (Å²) >= 11 is 0. The van der Waals surface area contributed by atoms with E-state index in [1.165, 1.54) is 0 Å². The number of carbonyl (C=O) groups is 1. The molecular weight excluding hydrogens is 281 g/mol. The first-order valence-corrected chi connectivity index (χ1v) is 5.32. The maximum absolute atomic E-state index is 13.6. The maximum Gasteiger partial charge on any atom is 0.433 e. The molecule has 0 aliphatic heterocycles. The second-order valence-corrected chi connectivity index (χ2v) is 3.85. The fraction of sp³-hybridized carbons (Fsp3) is 0.0769. The molecule has 1 heterocycles. The Bertz CT molecular complexity index is 666. The minimum absolute atomic E-state index is 0.229. The van der Waals surface area contributed by atoms with E-state index in [-0.39, 0.29) is 11.8 Å². The second kappa shape index (κ2) is 4.99. The molecule has 0 aliphatic rings. The number of nitrogens with zero attached hydrogens (tertiary/aromatic N) is 1. The van der Waals surface area contributed by atoms with E-state index >= 15 is 0 Å². The van der Waals surface area contributed by atoms with Crippen molar-refractivity contribution in [3.63, 3.8) is 0 Å². The molecule has 0 saturated heterocycles. The van der Waals surface area contributed by atoms with Crippen LogP contribution in [0.25, 0.3) is 11.3 Å². The van der Waals surface area contributed by atoms with Gasteiger partial charge in [0.05, 0.1) is 5.69 Å². The first-order chi connectivity index (χ1) is 9.34. The van der Waals surface area contributed by atoms with E-state index < -0.39 is 34.8 Å². The van der Waals surface area contributed by atoms with Crippen LogP contribution in [0.3, 0.4) is 0 Å². The normalized spacial score (nSPS) is 11.4. The molecule has 1 aromatic heterocycles. The topological polar surface area (TPSA) is 30.0 Å². The first-order valence-electron chi connectivity index (χ1n) is 5.32. The van der Waals surface area contributed by atoms with Crippen molar-refractivity contribution in [3.05, 3.63) is 53.2 Å². The standard InChI is InChI=1S/C13H6F5NO/c14-9-3-1-2-8(11(9)15)12-7(6-20)4-5-10(19-12)13(16,17)18/h1-6H. The Kier molecular flexibility index (Phi) is 3.52. The van der Waals surface area contributed by atoms with Crippen LogP contribution >= 0.6 is 0 Å². The van der Waals surface area contributed by atoms with Gasteiger partial charge in [-0.2, -0.15) is 13.2 Å². The summed E-state index contributed by atoms with van der Waals surface area (Å²) in [5.41, 5.74) is -2.60. The molecule has 7 heteroatoms. The summed E-state index contributed by atoms with van der Waals surface area (Å²) in [7, 11) is 0. The minimum Gasteiger partial charge on any atom is -0.298 e. The van der Waals surface area contributed by atoms with E-state index in [2.05, 4.69) is 4.98 Å². The van der Waals surface area contributed by atoms with Crippen molar-refractivity contribution in [3.8, 4) is 11.3 Å². The van der Waals surface area contributed by atoms with Gasteiger partial charge in [0.1, 0.15) is 5.69 Å². The summed E-state index contributed by atoms with van der Waals surface area (Å²) in [6.45, 7) is 0. The molecule has 0 unspecified atom stereocenters. The van der Waals surface area contributed by atoms with Crippen molar-refractivity contribution >= 4 is 6.29 Å². The zero-order chi connectivity index (χ0) is 14.9. The predicted octanol–water partition coefficient (Wildman–Crippen LogP) is 3.86. The molecule has 2 aromatic rings. The molecule has 2 rings (SSSR count). The third-order valence-corrected chi connectivity index (χ3v) is 2.55. The summed E-state index contributed by atoms with van der Waals surface area (Å²) in [6, 6.07) is 4.44. The summed E-state index contributed by atoms with van der Waals surface area (Å²) in [5.74, 6) is -2.60. The number of alkyl halides is 3. The number of rotatable bonds is 2. The van der Waals surface area contributed by atoms with Gasteiger partial charge >= 0.3 is 6.18 Å². The monoisotopic (exact) mass is 287 g/mol. The average molecular weight is 287 g/mol. The van der Waals surface area contributed by atoms with Crippen LogP contribution < -0.4 is 0 Å². The fourth-order valence-corrected chi connectivity index (χ4v) is 1.63. The van der Waals surface area contributed by atoms with Crippen LogP contribution in [0.1, 0.15) is 16.1 Å². The lowest BCUT2D eigenvalue weighted by molar-refractivity contribution is -0.141. The van der Waals surface area contributed by atoms with E-state index in [0.717, 1.165) is 24.3 Å². The van der Waals surface area contributed by atoms with Gasteiger partial charge in [0.25, 0.3) is 0 Å². The van der Waals surface area contributed by atoms with Crippen molar-refractivity contribution in [1.82, 2.24) is 4.98 Å². The van der Waals surface area contributed by atoms with Crippen molar-refractivity contribution in [2.24, 2.45) is 0 Å². The molecule has 0 atom stereocenters. The highest BCUT2D eigenvalue weighted by Crippen LogP contribution is 2.32. The first kappa shape index (κ1) is 14.1. The van der Waals surface area contributed by atoms with Crippen LogP contribution in [0.2, 0.25) is 0 Å². The van der Waals surface area contributed by atoms with Gasteiger partial charge in [0.15, 0.2) is 17.9 Å². The Labute approximate surface area is 109 Å². The number of carbonyl (C=O) groups excluding carboxylic acids is 1. The molecule has 0 amide bonds. The predicted molar refractivity (Wildman–Crippen MR) is 60.0 cm³/mol. The Morgan fingerprint density at radius 2 is 1.75 bits per heavy atom. The molecule has 104 valence electrons. The van der Waals surface area contributed by atoms with Gasteiger partial charge in [-0.15, -0.1) is 0 Å². The van der Waals surface area contributed by atoms with E-state index in [4.69, 9.17) is 0 Å². The summed E-state index contributed by atoms with van der Waals surface area (Å²) in [5, 5.41) is 0.